The molecule has 1 unspecified atom stereocenters. The van der Waals surface area contributed by atoms with Gasteiger partial charge in [-0.25, -0.2) is 0 Å². The van der Waals surface area contributed by atoms with Crippen LogP contribution in [0.1, 0.15) is 0 Å². The van der Waals surface area contributed by atoms with Crippen LogP contribution in [0.25, 0.3) is 0 Å². The van der Waals surface area contributed by atoms with Crippen LogP contribution in [0, 0.1) is 0 Å². The van der Waals surface area contributed by atoms with Crippen LogP contribution in [-0.4, -0.2) is 22.3 Å². The van der Waals surface area contributed by atoms with Crippen molar-refractivity contribution in [3.63, 3.8) is 0 Å². The zero-order valence-corrected chi connectivity index (χ0v) is 7.91. The van der Waals surface area contributed by atoms with Gasteiger partial charge in [0, 0.05) is 18.8 Å². The molecule has 5 heteroatoms. The molecule has 0 bridgehead atoms. The average Bonchev–Trinajstić information content (AvgIpc) is 2.09. The van der Waals surface area contributed by atoms with Crippen molar-refractivity contribution in [3.05, 3.63) is 34.7 Å². The summed E-state index contributed by atoms with van der Waals surface area (Å²) in [6.45, 7) is 0.428. The normalized spacial score (nSPS) is 11.8. The SMILES string of the molecule is Cl.NCC(O)Cn1ccccc1=O. The maximum atomic E-state index is 11.1. The Balaban J connectivity index is 0.00000144. The molecule has 0 aliphatic heterocycles. The number of hydrogen-bond acceptors (Lipinski definition) is 3. The molecule has 0 saturated heterocycles. The van der Waals surface area contributed by atoms with E-state index in [4.69, 9.17) is 10.8 Å². The van der Waals surface area contributed by atoms with E-state index in [1.807, 2.05) is 0 Å². The van der Waals surface area contributed by atoms with Crippen LogP contribution in [0.15, 0.2) is 29.2 Å². The van der Waals surface area contributed by atoms with Gasteiger partial charge >= 0.3 is 0 Å². The molecule has 1 aromatic rings. The van der Waals surface area contributed by atoms with Gasteiger partial charge in [-0.15, -0.1) is 12.4 Å². The molecule has 3 N–H and O–H groups in total. The Labute approximate surface area is 82.4 Å². The first kappa shape index (κ1) is 12.2. The third kappa shape index (κ3) is 3.59. The molecule has 74 valence electrons. The minimum absolute atomic E-state index is 0. The molecule has 0 aromatic carbocycles. The molecule has 0 fully saturated rings. The lowest BCUT2D eigenvalue weighted by molar-refractivity contribution is 0.161. The van der Waals surface area contributed by atoms with Gasteiger partial charge in [0.05, 0.1) is 12.6 Å². The lowest BCUT2D eigenvalue weighted by Crippen LogP contribution is -2.30. The lowest BCUT2D eigenvalue weighted by Gasteiger charge is -2.08. The van der Waals surface area contributed by atoms with E-state index >= 15 is 0 Å². The van der Waals surface area contributed by atoms with E-state index in [9.17, 15) is 4.79 Å². The molecule has 0 aliphatic carbocycles. The summed E-state index contributed by atoms with van der Waals surface area (Å²) in [4.78, 5) is 11.1. The van der Waals surface area contributed by atoms with Crippen molar-refractivity contribution in [2.24, 2.45) is 5.73 Å². The van der Waals surface area contributed by atoms with Gasteiger partial charge in [-0.2, -0.15) is 0 Å². The van der Waals surface area contributed by atoms with E-state index in [1.54, 1.807) is 18.3 Å². The monoisotopic (exact) mass is 204 g/mol. The molecule has 0 saturated carbocycles. The standard InChI is InChI=1S/C8H12N2O2.ClH/c9-5-7(11)6-10-4-2-1-3-8(10)12;/h1-4,7,11H,5-6,9H2;1H. The Morgan fingerprint density at radius 3 is 2.77 bits per heavy atom. The Kier molecular flexibility index (Phi) is 5.37. The number of aliphatic hydroxyl groups is 1. The predicted molar refractivity (Wildman–Crippen MR) is 53.0 cm³/mol. The van der Waals surface area contributed by atoms with Crippen LogP contribution < -0.4 is 11.3 Å². The minimum atomic E-state index is -0.648. The fraction of sp³-hybridized carbons (Fsp3) is 0.375. The lowest BCUT2D eigenvalue weighted by atomic mass is 10.3. The molecule has 1 heterocycles. The molecular formula is C8H13ClN2O2. The highest BCUT2D eigenvalue weighted by Gasteiger charge is 2.01. The molecule has 1 rings (SSSR count). The van der Waals surface area contributed by atoms with E-state index in [0.717, 1.165) is 0 Å². The van der Waals surface area contributed by atoms with Gasteiger partial charge in [0.25, 0.3) is 5.56 Å². The fourth-order valence-corrected chi connectivity index (χ4v) is 0.913. The van der Waals surface area contributed by atoms with Crippen LogP contribution in [-0.2, 0) is 6.54 Å². The molecule has 0 aliphatic rings. The van der Waals surface area contributed by atoms with Gasteiger partial charge < -0.3 is 15.4 Å². The first-order valence-electron chi connectivity index (χ1n) is 3.77. The third-order valence-electron chi connectivity index (χ3n) is 1.58. The summed E-state index contributed by atoms with van der Waals surface area (Å²) in [6, 6.07) is 4.85. The smallest absolute Gasteiger partial charge is 0.250 e. The number of pyridine rings is 1. The summed E-state index contributed by atoms with van der Waals surface area (Å²) in [5.74, 6) is 0. The number of rotatable bonds is 3. The van der Waals surface area contributed by atoms with Crippen molar-refractivity contribution in [1.82, 2.24) is 4.57 Å². The second-order valence-corrected chi connectivity index (χ2v) is 2.58. The summed E-state index contributed by atoms with van der Waals surface area (Å²) >= 11 is 0. The second-order valence-electron chi connectivity index (χ2n) is 2.58. The second kappa shape index (κ2) is 5.75. The van der Waals surface area contributed by atoms with Gasteiger partial charge in [0.2, 0.25) is 0 Å². The van der Waals surface area contributed by atoms with Crippen LogP contribution in [0.4, 0.5) is 0 Å². The summed E-state index contributed by atoms with van der Waals surface area (Å²) in [7, 11) is 0. The van der Waals surface area contributed by atoms with E-state index in [1.165, 1.54) is 10.6 Å². The van der Waals surface area contributed by atoms with Gasteiger partial charge in [0.15, 0.2) is 0 Å². The van der Waals surface area contributed by atoms with Gasteiger partial charge in [-0.3, -0.25) is 4.79 Å². The van der Waals surface area contributed by atoms with Crippen molar-refractivity contribution in [2.45, 2.75) is 12.6 Å². The molecular weight excluding hydrogens is 192 g/mol. The van der Waals surface area contributed by atoms with Crippen molar-refractivity contribution in [2.75, 3.05) is 6.54 Å². The Morgan fingerprint density at radius 1 is 1.54 bits per heavy atom. The highest BCUT2D eigenvalue weighted by Crippen LogP contribution is 1.86. The number of aromatic nitrogens is 1. The highest BCUT2D eigenvalue weighted by molar-refractivity contribution is 5.85. The van der Waals surface area contributed by atoms with Crippen molar-refractivity contribution in [1.29, 1.82) is 0 Å². The number of nitrogens with zero attached hydrogens (tertiary/aromatic N) is 1. The number of hydrogen-bond donors (Lipinski definition) is 2. The third-order valence-corrected chi connectivity index (χ3v) is 1.58. The molecule has 0 spiro atoms. The molecule has 1 aromatic heterocycles. The number of halogens is 1. The number of nitrogens with two attached hydrogens (primary N) is 1. The van der Waals surface area contributed by atoms with Gasteiger partial charge in [-0.1, -0.05) is 6.07 Å². The van der Waals surface area contributed by atoms with Crippen LogP contribution in [0.5, 0.6) is 0 Å². The zero-order valence-electron chi connectivity index (χ0n) is 7.09. The van der Waals surface area contributed by atoms with Gasteiger partial charge in [0.1, 0.15) is 0 Å². The first-order chi connectivity index (χ1) is 5.74. The molecule has 1 atom stereocenters. The number of aliphatic hydroxyl groups excluding tert-OH is 1. The molecule has 0 radical (unpaired) electrons. The van der Waals surface area contributed by atoms with Crippen LogP contribution >= 0.6 is 12.4 Å². The van der Waals surface area contributed by atoms with Crippen molar-refractivity contribution < 1.29 is 5.11 Å². The molecule has 13 heavy (non-hydrogen) atoms. The van der Waals surface area contributed by atoms with Crippen molar-refractivity contribution in [3.8, 4) is 0 Å². The van der Waals surface area contributed by atoms with Crippen LogP contribution in [0.2, 0.25) is 0 Å². The Hall–Kier alpha value is -0.840. The maximum Gasteiger partial charge on any atom is 0.250 e. The highest BCUT2D eigenvalue weighted by atomic mass is 35.5. The van der Waals surface area contributed by atoms with E-state index in [0.29, 0.717) is 0 Å². The summed E-state index contributed by atoms with van der Waals surface area (Å²) in [6.07, 6.45) is 0.978. The minimum Gasteiger partial charge on any atom is -0.390 e. The Morgan fingerprint density at radius 2 is 2.23 bits per heavy atom. The Bertz CT molecular complexity index is 300. The summed E-state index contributed by atoms with van der Waals surface area (Å²) < 4.78 is 1.43. The predicted octanol–water partition coefficient (Wildman–Crippen LogP) is -0.410. The maximum absolute atomic E-state index is 11.1. The van der Waals surface area contributed by atoms with Crippen molar-refractivity contribution >= 4 is 12.4 Å². The molecule has 0 amide bonds. The topological polar surface area (TPSA) is 68.2 Å². The van der Waals surface area contributed by atoms with Gasteiger partial charge in [-0.05, 0) is 6.07 Å². The first-order valence-corrected chi connectivity index (χ1v) is 3.77. The summed E-state index contributed by atoms with van der Waals surface area (Å²) in [5.41, 5.74) is 5.08. The van der Waals surface area contributed by atoms with E-state index in [-0.39, 0.29) is 31.1 Å². The largest absolute Gasteiger partial charge is 0.390 e. The quantitative estimate of drug-likeness (QED) is 0.704. The summed E-state index contributed by atoms with van der Waals surface area (Å²) in [5, 5.41) is 9.15. The van der Waals surface area contributed by atoms with E-state index < -0.39 is 6.10 Å². The average molecular weight is 205 g/mol. The zero-order chi connectivity index (χ0) is 8.97. The fourth-order valence-electron chi connectivity index (χ4n) is 0.913. The molecule has 4 nitrogen and oxygen atoms in total. The van der Waals surface area contributed by atoms with Crippen LogP contribution in [0.3, 0.4) is 0 Å². The van der Waals surface area contributed by atoms with E-state index in [2.05, 4.69) is 0 Å².